The Morgan fingerprint density at radius 1 is 1.18 bits per heavy atom. The lowest BCUT2D eigenvalue weighted by molar-refractivity contribution is -0.156. The summed E-state index contributed by atoms with van der Waals surface area (Å²) in [6.45, 7) is 1.78. The van der Waals surface area contributed by atoms with Crippen LogP contribution in [0.4, 0.5) is 4.39 Å². The maximum Gasteiger partial charge on any atom is 0.309 e. The smallest absolute Gasteiger partial charge is 0.309 e. The second-order valence-electron chi connectivity index (χ2n) is 9.49. The number of rotatable bonds is 4. The Morgan fingerprint density at radius 2 is 1.97 bits per heavy atom. The molecule has 5 rings (SSSR count). The van der Waals surface area contributed by atoms with Crippen molar-refractivity contribution in [1.82, 2.24) is 4.98 Å². The van der Waals surface area contributed by atoms with Crippen LogP contribution in [0.15, 0.2) is 66.5 Å². The summed E-state index contributed by atoms with van der Waals surface area (Å²) >= 11 is 0. The molecule has 1 aromatic heterocycles. The fourth-order valence-electron chi connectivity index (χ4n) is 5.30. The summed E-state index contributed by atoms with van der Waals surface area (Å²) in [6.07, 6.45) is 13.4. The average Bonchev–Trinajstić information content (AvgIpc) is 2.78. The number of aliphatic hydroxyl groups excluding tert-OH is 1. The maximum atomic E-state index is 14.1. The number of benzene rings is 1. The Hall–Kier alpha value is -3.05. The van der Waals surface area contributed by atoms with Crippen LogP contribution >= 0.6 is 0 Å². The zero-order chi connectivity index (χ0) is 23.0. The fourth-order valence-corrected chi connectivity index (χ4v) is 5.30. The number of pyridine rings is 1. The van der Waals surface area contributed by atoms with E-state index < -0.39 is 12.2 Å². The van der Waals surface area contributed by atoms with Crippen LogP contribution in [0, 0.1) is 18.2 Å². The zero-order valence-electron chi connectivity index (χ0n) is 18.8. The predicted octanol–water partition coefficient (Wildman–Crippen LogP) is 5.56. The summed E-state index contributed by atoms with van der Waals surface area (Å²) in [6, 6.07) is 9.35. The first-order chi connectivity index (χ1) is 15.9. The maximum absolute atomic E-state index is 14.1. The van der Waals surface area contributed by atoms with Gasteiger partial charge in [-0.15, -0.1) is 0 Å². The van der Waals surface area contributed by atoms with Gasteiger partial charge in [-0.3, -0.25) is 9.78 Å². The molecule has 0 bridgehead atoms. The number of halogens is 1. The summed E-state index contributed by atoms with van der Waals surface area (Å²) in [5, 5.41) is 10.00. The number of cyclic esters (lactones) is 1. The standard InChI is InChI=1S/C28H28FNO3/c1-18-13-20(3-6-26(18)29)24-14-21(19-7-11-30-12-8-19)17-28(9-2-10-28)25(24)5-4-23-15-22(31)16-27(32)33-23/h3-8,11-14,22-23,31H,2,9-10,15-17H2,1H3/b5-4+/t22-,23-/m0/s1. The van der Waals surface area contributed by atoms with Crippen molar-refractivity contribution in [3.63, 3.8) is 0 Å². The van der Waals surface area contributed by atoms with Crippen LogP contribution in [0.1, 0.15) is 55.2 Å². The minimum atomic E-state index is -0.670. The van der Waals surface area contributed by atoms with E-state index in [9.17, 15) is 14.3 Å². The van der Waals surface area contributed by atoms with Gasteiger partial charge in [0.1, 0.15) is 11.9 Å². The van der Waals surface area contributed by atoms with Gasteiger partial charge >= 0.3 is 5.97 Å². The number of hydrogen-bond acceptors (Lipinski definition) is 4. The number of allylic oxidation sites excluding steroid dienone is 5. The summed E-state index contributed by atoms with van der Waals surface area (Å²) in [5.74, 6) is -0.583. The monoisotopic (exact) mass is 445 g/mol. The summed E-state index contributed by atoms with van der Waals surface area (Å²) < 4.78 is 19.5. The molecule has 5 heteroatoms. The van der Waals surface area contributed by atoms with Crippen molar-refractivity contribution in [1.29, 1.82) is 0 Å². The molecule has 1 aromatic carbocycles. The Labute approximate surface area is 193 Å². The number of nitrogens with zero attached hydrogens (tertiary/aromatic N) is 1. The Bertz CT molecular complexity index is 1160. The van der Waals surface area contributed by atoms with Gasteiger partial charge in [0.25, 0.3) is 0 Å². The molecule has 170 valence electrons. The molecule has 3 aliphatic rings. The topological polar surface area (TPSA) is 59.4 Å². The Morgan fingerprint density at radius 3 is 2.64 bits per heavy atom. The van der Waals surface area contributed by atoms with Crippen LogP contribution in [0.3, 0.4) is 0 Å². The van der Waals surface area contributed by atoms with Crippen LogP contribution in [-0.2, 0) is 9.53 Å². The predicted molar refractivity (Wildman–Crippen MR) is 125 cm³/mol. The molecule has 1 spiro atoms. The molecule has 0 unspecified atom stereocenters. The van der Waals surface area contributed by atoms with Crippen LogP contribution < -0.4 is 0 Å². The minimum absolute atomic E-state index is 0.00122. The molecule has 2 fully saturated rings. The fraction of sp³-hybridized carbons (Fsp3) is 0.357. The van der Waals surface area contributed by atoms with E-state index in [4.69, 9.17) is 4.74 Å². The molecule has 0 radical (unpaired) electrons. The molecule has 1 aliphatic heterocycles. The van der Waals surface area contributed by atoms with Gasteiger partial charge in [-0.25, -0.2) is 4.39 Å². The number of aromatic nitrogens is 1. The molecule has 4 nitrogen and oxygen atoms in total. The number of aryl methyl sites for hydroxylation is 1. The lowest BCUT2D eigenvalue weighted by Gasteiger charge is -2.47. The van der Waals surface area contributed by atoms with Crippen molar-refractivity contribution in [2.24, 2.45) is 5.41 Å². The van der Waals surface area contributed by atoms with Crippen molar-refractivity contribution in [3.05, 3.63) is 89.0 Å². The normalized spacial score (nSPS) is 24.6. The van der Waals surface area contributed by atoms with Gasteiger partial charge in [-0.1, -0.05) is 24.6 Å². The van der Waals surface area contributed by atoms with Crippen molar-refractivity contribution >= 4 is 17.1 Å². The van der Waals surface area contributed by atoms with E-state index in [1.54, 1.807) is 6.92 Å². The van der Waals surface area contributed by atoms with Crippen molar-refractivity contribution < 1.29 is 19.0 Å². The Kier molecular flexibility index (Phi) is 5.75. The van der Waals surface area contributed by atoms with Crippen molar-refractivity contribution in [3.8, 4) is 0 Å². The number of aliphatic hydroxyl groups is 1. The molecular weight excluding hydrogens is 417 g/mol. The first-order valence-electron chi connectivity index (χ1n) is 11.6. The second kappa shape index (κ2) is 8.71. The first-order valence-corrected chi connectivity index (χ1v) is 11.6. The third-order valence-electron chi connectivity index (χ3n) is 7.21. The van der Waals surface area contributed by atoms with Gasteiger partial charge in [0.05, 0.1) is 12.5 Å². The minimum Gasteiger partial charge on any atom is -0.458 e. The van der Waals surface area contributed by atoms with Gasteiger partial charge in [-0.05, 0) is 95.4 Å². The van der Waals surface area contributed by atoms with E-state index in [0.29, 0.717) is 12.0 Å². The van der Waals surface area contributed by atoms with E-state index in [2.05, 4.69) is 17.1 Å². The van der Waals surface area contributed by atoms with E-state index >= 15 is 0 Å². The van der Waals surface area contributed by atoms with Gasteiger partial charge in [0.2, 0.25) is 0 Å². The summed E-state index contributed by atoms with van der Waals surface area (Å²) in [5.41, 5.74) is 6.28. The number of ether oxygens (including phenoxy) is 1. The molecule has 1 N–H and O–H groups in total. The number of esters is 1. The second-order valence-corrected chi connectivity index (χ2v) is 9.49. The van der Waals surface area contributed by atoms with Crippen LogP contribution in [-0.4, -0.2) is 28.3 Å². The third kappa shape index (κ3) is 4.30. The molecule has 1 saturated carbocycles. The van der Waals surface area contributed by atoms with E-state index in [1.807, 2.05) is 42.7 Å². The van der Waals surface area contributed by atoms with Gasteiger partial charge < -0.3 is 9.84 Å². The van der Waals surface area contributed by atoms with Crippen LogP contribution in [0.5, 0.6) is 0 Å². The number of carbonyl (C=O) groups excluding carboxylic acids is 1. The SMILES string of the molecule is Cc1cc(C2=C(/C=C/[C@H]3C[C@H](O)CC(=O)O3)C3(CCC3)CC(c3ccncc3)=C2)ccc1F. The van der Waals surface area contributed by atoms with Crippen molar-refractivity contribution in [2.45, 2.75) is 57.7 Å². The van der Waals surface area contributed by atoms with E-state index in [-0.39, 0.29) is 23.6 Å². The quantitative estimate of drug-likeness (QED) is 0.626. The van der Waals surface area contributed by atoms with E-state index in [1.165, 1.54) is 17.2 Å². The molecule has 2 atom stereocenters. The molecule has 2 heterocycles. The molecule has 1 saturated heterocycles. The summed E-state index contributed by atoms with van der Waals surface area (Å²) in [7, 11) is 0. The number of carbonyl (C=O) groups is 1. The van der Waals surface area contributed by atoms with Gasteiger partial charge in [-0.2, -0.15) is 0 Å². The lowest BCUT2D eigenvalue weighted by atomic mass is 9.57. The molecule has 2 aliphatic carbocycles. The zero-order valence-corrected chi connectivity index (χ0v) is 18.8. The van der Waals surface area contributed by atoms with E-state index in [0.717, 1.165) is 42.4 Å². The average molecular weight is 446 g/mol. The molecular formula is C28H28FNO3. The van der Waals surface area contributed by atoms with Gasteiger partial charge in [0, 0.05) is 18.8 Å². The lowest BCUT2D eigenvalue weighted by Crippen LogP contribution is -2.34. The third-order valence-corrected chi connectivity index (χ3v) is 7.21. The van der Waals surface area contributed by atoms with Gasteiger partial charge in [0.15, 0.2) is 0 Å². The highest BCUT2D eigenvalue weighted by atomic mass is 19.1. The summed E-state index contributed by atoms with van der Waals surface area (Å²) in [4.78, 5) is 16.0. The highest BCUT2D eigenvalue weighted by Gasteiger charge is 2.43. The molecule has 0 amide bonds. The highest BCUT2D eigenvalue weighted by Crippen LogP contribution is 2.58. The van der Waals surface area contributed by atoms with Crippen LogP contribution in [0.2, 0.25) is 0 Å². The van der Waals surface area contributed by atoms with Crippen molar-refractivity contribution in [2.75, 3.05) is 0 Å². The van der Waals surface area contributed by atoms with Crippen LogP contribution in [0.25, 0.3) is 11.1 Å². The highest BCUT2D eigenvalue weighted by molar-refractivity contribution is 5.90. The first kappa shape index (κ1) is 21.8. The molecule has 2 aromatic rings. The Balaban J connectivity index is 1.63. The largest absolute Gasteiger partial charge is 0.458 e. The molecule has 33 heavy (non-hydrogen) atoms. The number of hydrogen-bond donors (Lipinski definition) is 1.